The fourth-order valence-corrected chi connectivity index (χ4v) is 3.04. The lowest BCUT2D eigenvalue weighted by atomic mass is 10.1. The van der Waals surface area contributed by atoms with Crippen LogP contribution in [-0.4, -0.2) is 18.4 Å². The highest BCUT2D eigenvalue weighted by Gasteiger charge is 2.22. The van der Waals surface area contributed by atoms with Gasteiger partial charge in [-0.2, -0.15) is 11.3 Å². The van der Waals surface area contributed by atoms with Crippen LogP contribution in [-0.2, 0) is 11.2 Å². The highest BCUT2D eigenvalue weighted by Crippen LogP contribution is 2.30. The molecule has 20 heavy (non-hydrogen) atoms. The minimum atomic E-state index is -0.104. The van der Waals surface area contributed by atoms with Gasteiger partial charge in [-0.25, -0.2) is 0 Å². The predicted octanol–water partition coefficient (Wildman–Crippen LogP) is 2.91. The Kier molecular flexibility index (Phi) is 3.28. The predicted molar refractivity (Wildman–Crippen MR) is 80.4 cm³/mol. The van der Waals surface area contributed by atoms with Crippen molar-refractivity contribution < 1.29 is 9.59 Å². The quantitative estimate of drug-likeness (QED) is 0.922. The molecule has 2 amide bonds. The lowest BCUT2D eigenvalue weighted by molar-refractivity contribution is -0.116. The normalized spacial score (nSPS) is 13.2. The molecule has 1 aliphatic rings. The van der Waals surface area contributed by atoms with Crippen LogP contribution >= 0.6 is 11.3 Å². The van der Waals surface area contributed by atoms with E-state index in [9.17, 15) is 9.59 Å². The van der Waals surface area contributed by atoms with E-state index in [-0.39, 0.29) is 11.8 Å². The first-order valence-electron chi connectivity index (χ1n) is 6.40. The fraction of sp³-hybridized carbons (Fsp3) is 0.200. The van der Waals surface area contributed by atoms with Crippen molar-refractivity contribution in [1.29, 1.82) is 0 Å². The molecule has 2 aromatic rings. The largest absolute Gasteiger partial charge is 0.322 e. The molecule has 2 heterocycles. The number of thiophene rings is 1. The molecule has 0 radical (unpaired) electrons. The molecule has 1 aromatic carbocycles. The maximum Gasteiger partial charge on any atom is 0.256 e. The van der Waals surface area contributed by atoms with Crippen LogP contribution in [0.3, 0.4) is 0 Å². The maximum absolute atomic E-state index is 12.0. The second kappa shape index (κ2) is 5.09. The number of hydrogen-bond acceptors (Lipinski definition) is 3. The molecule has 0 spiro atoms. The Labute approximate surface area is 121 Å². The van der Waals surface area contributed by atoms with Crippen molar-refractivity contribution in [2.75, 3.05) is 16.8 Å². The zero-order valence-corrected chi connectivity index (χ0v) is 11.9. The van der Waals surface area contributed by atoms with Gasteiger partial charge in [0.2, 0.25) is 5.91 Å². The third-order valence-electron chi connectivity index (χ3n) is 3.40. The maximum atomic E-state index is 12.0. The monoisotopic (exact) mass is 286 g/mol. The van der Waals surface area contributed by atoms with Crippen molar-refractivity contribution in [3.05, 3.63) is 46.2 Å². The minimum Gasteiger partial charge on any atom is -0.322 e. The van der Waals surface area contributed by atoms with Crippen LogP contribution in [0.5, 0.6) is 0 Å². The molecule has 0 saturated heterocycles. The van der Waals surface area contributed by atoms with E-state index >= 15 is 0 Å². The molecule has 0 bridgehead atoms. The van der Waals surface area contributed by atoms with E-state index in [1.807, 2.05) is 29.0 Å². The zero-order valence-electron chi connectivity index (χ0n) is 11.1. The number of amides is 2. The first-order chi connectivity index (χ1) is 9.65. The molecule has 5 heteroatoms. The van der Waals surface area contributed by atoms with Gasteiger partial charge in [0, 0.05) is 30.2 Å². The van der Waals surface area contributed by atoms with Gasteiger partial charge in [-0.1, -0.05) is 0 Å². The molecule has 1 aromatic heterocycles. The Morgan fingerprint density at radius 3 is 2.85 bits per heavy atom. The lowest BCUT2D eigenvalue weighted by Crippen LogP contribution is -2.25. The molecule has 3 rings (SSSR count). The summed E-state index contributed by atoms with van der Waals surface area (Å²) in [6.45, 7) is 2.29. The van der Waals surface area contributed by atoms with E-state index in [2.05, 4.69) is 5.32 Å². The van der Waals surface area contributed by atoms with Crippen LogP contribution < -0.4 is 10.2 Å². The lowest BCUT2D eigenvalue weighted by Gasteiger charge is -2.15. The van der Waals surface area contributed by atoms with E-state index in [1.165, 1.54) is 11.3 Å². The van der Waals surface area contributed by atoms with Crippen LogP contribution in [0.1, 0.15) is 22.8 Å². The van der Waals surface area contributed by atoms with Crippen molar-refractivity contribution in [2.24, 2.45) is 0 Å². The van der Waals surface area contributed by atoms with Gasteiger partial charge in [-0.15, -0.1) is 0 Å². The summed E-state index contributed by atoms with van der Waals surface area (Å²) in [4.78, 5) is 25.2. The Balaban J connectivity index is 1.80. The number of fused-ring (bicyclic) bond motifs is 1. The Hall–Kier alpha value is -2.14. The third-order valence-corrected chi connectivity index (χ3v) is 4.08. The van der Waals surface area contributed by atoms with Gasteiger partial charge in [0.1, 0.15) is 0 Å². The van der Waals surface area contributed by atoms with Crippen LogP contribution in [0.2, 0.25) is 0 Å². The molecule has 1 N–H and O–H groups in total. The summed E-state index contributed by atoms with van der Waals surface area (Å²) in [6, 6.07) is 7.48. The summed E-state index contributed by atoms with van der Waals surface area (Å²) in [7, 11) is 0. The van der Waals surface area contributed by atoms with Crippen molar-refractivity contribution in [3.8, 4) is 0 Å². The summed E-state index contributed by atoms with van der Waals surface area (Å²) >= 11 is 1.50. The molecule has 0 saturated carbocycles. The second-order valence-electron chi connectivity index (χ2n) is 4.73. The molecular weight excluding hydrogens is 272 g/mol. The van der Waals surface area contributed by atoms with Gasteiger partial charge in [0.25, 0.3) is 5.91 Å². The van der Waals surface area contributed by atoms with Crippen molar-refractivity contribution in [3.63, 3.8) is 0 Å². The Morgan fingerprint density at radius 1 is 1.30 bits per heavy atom. The molecule has 102 valence electrons. The van der Waals surface area contributed by atoms with Crippen LogP contribution in [0.25, 0.3) is 0 Å². The fourth-order valence-electron chi connectivity index (χ4n) is 2.40. The number of benzene rings is 1. The van der Waals surface area contributed by atoms with Gasteiger partial charge >= 0.3 is 0 Å². The standard InChI is InChI=1S/C15H14N2O2S/c1-10(18)17-6-4-11-8-13(2-3-14(11)17)16-15(19)12-5-7-20-9-12/h2-3,5,7-9H,4,6H2,1H3,(H,16,19). The molecular formula is C15H14N2O2S. The highest BCUT2D eigenvalue weighted by atomic mass is 32.1. The topological polar surface area (TPSA) is 49.4 Å². The molecule has 0 aliphatic carbocycles. The second-order valence-corrected chi connectivity index (χ2v) is 5.51. The number of carbonyl (C=O) groups is 2. The summed E-state index contributed by atoms with van der Waals surface area (Å²) in [5, 5.41) is 6.58. The molecule has 1 aliphatic heterocycles. The van der Waals surface area contributed by atoms with Crippen molar-refractivity contribution in [1.82, 2.24) is 0 Å². The number of nitrogens with one attached hydrogen (secondary N) is 1. The zero-order chi connectivity index (χ0) is 14.1. The highest BCUT2D eigenvalue weighted by molar-refractivity contribution is 7.08. The number of nitrogens with zero attached hydrogens (tertiary/aromatic N) is 1. The van der Waals surface area contributed by atoms with Gasteiger partial charge in [0.15, 0.2) is 0 Å². The van der Waals surface area contributed by atoms with Crippen molar-refractivity contribution in [2.45, 2.75) is 13.3 Å². The van der Waals surface area contributed by atoms with E-state index in [0.717, 1.165) is 23.4 Å². The van der Waals surface area contributed by atoms with E-state index in [4.69, 9.17) is 0 Å². The van der Waals surface area contributed by atoms with Crippen LogP contribution in [0, 0.1) is 0 Å². The summed E-state index contributed by atoms with van der Waals surface area (Å²) in [5.74, 6) is -0.0496. The van der Waals surface area contributed by atoms with E-state index in [1.54, 1.807) is 17.9 Å². The van der Waals surface area contributed by atoms with Gasteiger partial charge in [-0.3, -0.25) is 9.59 Å². The molecule has 0 fully saturated rings. The molecule has 4 nitrogen and oxygen atoms in total. The average Bonchev–Trinajstić information content (AvgIpc) is 3.07. The van der Waals surface area contributed by atoms with Crippen LogP contribution in [0.15, 0.2) is 35.0 Å². The Morgan fingerprint density at radius 2 is 2.15 bits per heavy atom. The minimum absolute atomic E-state index is 0.0545. The van der Waals surface area contributed by atoms with Crippen LogP contribution in [0.4, 0.5) is 11.4 Å². The first kappa shape index (κ1) is 12.9. The molecule has 0 atom stereocenters. The van der Waals surface area contributed by atoms with Gasteiger partial charge < -0.3 is 10.2 Å². The number of rotatable bonds is 2. The summed E-state index contributed by atoms with van der Waals surface area (Å²) in [6.07, 6.45) is 0.830. The first-order valence-corrected chi connectivity index (χ1v) is 7.34. The van der Waals surface area contributed by atoms with E-state index < -0.39 is 0 Å². The smallest absolute Gasteiger partial charge is 0.256 e. The SMILES string of the molecule is CC(=O)N1CCc2cc(NC(=O)c3ccsc3)ccc21. The Bertz CT molecular complexity index is 665. The number of carbonyl (C=O) groups excluding carboxylic acids is 2. The van der Waals surface area contributed by atoms with Gasteiger partial charge in [-0.05, 0) is 41.6 Å². The van der Waals surface area contributed by atoms with E-state index in [0.29, 0.717) is 12.1 Å². The average molecular weight is 286 g/mol. The number of anilines is 2. The third kappa shape index (κ3) is 2.32. The molecule has 0 unspecified atom stereocenters. The summed E-state index contributed by atoms with van der Waals surface area (Å²) in [5.41, 5.74) is 3.49. The van der Waals surface area contributed by atoms with Gasteiger partial charge in [0.05, 0.1) is 5.56 Å². The number of hydrogen-bond donors (Lipinski definition) is 1. The summed E-state index contributed by atoms with van der Waals surface area (Å²) < 4.78 is 0. The van der Waals surface area contributed by atoms with Crippen molar-refractivity contribution >= 4 is 34.5 Å².